The van der Waals surface area contributed by atoms with E-state index >= 15 is 0 Å². The summed E-state index contributed by atoms with van der Waals surface area (Å²) in [5.41, 5.74) is 1.19. The van der Waals surface area contributed by atoms with E-state index in [4.69, 9.17) is 11.6 Å². The molecule has 0 radical (unpaired) electrons. The fourth-order valence-corrected chi connectivity index (χ4v) is 2.33. The van der Waals surface area contributed by atoms with E-state index in [0.29, 0.717) is 5.92 Å². The van der Waals surface area contributed by atoms with E-state index in [-0.39, 0.29) is 0 Å². The highest BCUT2D eigenvalue weighted by atomic mass is 79.9. The van der Waals surface area contributed by atoms with E-state index in [9.17, 15) is 0 Å². The van der Waals surface area contributed by atoms with Gasteiger partial charge >= 0.3 is 0 Å². The zero-order chi connectivity index (χ0) is 14.7. The zero-order valence-electron chi connectivity index (χ0n) is 11.8. The van der Waals surface area contributed by atoms with Crippen LogP contribution >= 0.6 is 27.5 Å². The molecule has 1 heterocycles. The van der Waals surface area contributed by atoms with Gasteiger partial charge in [0.1, 0.15) is 16.2 Å². The van der Waals surface area contributed by atoms with Crippen LogP contribution in [0, 0.1) is 0 Å². The minimum absolute atomic E-state index is 0.301. The van der Waals surface area contributed by atoms with Gasteiger partial charge in [-0.05, 0) is 33.6 Å². The van der Waals surface area contributed by atoms with Crippen molar-refractivity contribution in [2.45, 2.75) is 26.3 Å². The maximum absolute atomic E-state index is 5.90. The van der Waals surface area contributed by atoms with E-state index in [1.54, 1.807) is 0 Å². The molecule has 0 N–H and O–H groups in total. The van der Waals surface area contributed by atoms with Crippen LogP contribution in [0.2, 0.25) is 5.02 Å². The third-order valence-corrected chi connectivity index (χ3v) is 3.60. The summed E-state index contributed by atoms with van der Waals surface area (Å²) in [5, 5.41) is 0.753. The predicted octanol–water partition coefficient (Wildman–Crippen LogP) is 4.65. The van der Waals surface area contributed by atoms with Crippen LogP contribution in [0.25, 0.3) is 0 Å². The number of halogens is 2. The van der Waals surface area contributed by atoms with Gasteiger partial charge < -0.3 is 4.90 Å². The molecule has 0 saturated carbocycles. The Morgan fingerprint density at radius 3 is 2.45 bits per heavy atom. The first-order valence-corrected chi connectivity index (χ1v) is 7.63. The van der Waals surface area contributed by atoms with Gasteiger partial charge in [0.25, 0.3) is 0 Å². The first-order valence-electron chi connectivity index (χ1n) is 6.46. The maximum atomic E-state index is 5.90. The van der Waals surface area contributed by atoms with E-state index in [1.165, 1.54) is 5.56 Å². The fourth-order valence-electron chi connectivity index (χ4n) is 1.82. The highest BCUT2D eigenvalue weighted by molar-refractivity contribution is 9.10. The van der Waals surface area contributed by atoms with Gasteiger partial charge in [-0.1, -0.05) is 37.6 Å². The van der Waals surface area contributed by atoms with Gasteiger partial charge in [-0.2, -0.15) is 0 Å². The first-order chi connectivity index (χ1) is 9.45. The Kier molecular flexibility index (Phi) is 5.00. The Hall–Kier alpha value is -1.13. The second-order valence-electron chi connectivity index (χ2n) is 5.04. The molecule has 1 aromatic carbocycles. The molecule has 0 aliphatic heterocycles. The molecule has 0 atom stereocenters. The highest BCUT2D eigenvalue weighted by Gasteiger charge is 2.10. The Morgan fingerprint density at radius 2 is 1.85 bits per heavy atom. The molecule has 5 heteroatoms. The predicted molar refractivity (Wildman–Crippen MR) is 87.4 cm³/mol. The van der Waals surface area contributed by atoms with Crippen LogP contribution in [0.1, 0.15) is 31.2 Å². The average molecular weight is 355 g/mol. The normalized spacial score (nSPS) is 10.9. The second kappa shape index (κ2) is 6.55. The number of rotatable bonds is 4. The molecule has 0 aliphatic carbocycles. The van der Waals surface area contributed by atoms with Crippen LogP contribution in [0.15, 0.2) is 34.9 Å². The van der Waals surface area contributed by atoms with Crippen molar-refractivity contribution in [3.05, 3.63) is 51.3 Å². The number of nitrogens with zero attached hydrogens (tertiary/aromatic N) is 3. The van der Waals surface area contributed by atoms with Gasteiger partial charge in [-0.25, -0.2) is 9.97 Å². The van der Waals surface area contributed by atoms with Crippen molar-refractivity contribution in [2.75, 3.05) is 11.9 Å². The number of hydrogen-bond donors (Lipinski definition) is 0. The molecule has 0 spiro atoms. The van der Waals surface area contributed by atoms with Gasteiger partial charge in [0.15, 0.2) is 0 Å². The molecule has 0 aliphatic rings. The topological polar surface area (TPSA) is 29.0 Å². The summed E-state index contributed by atoms with van der Waals surface area (Å²) in [5.74, 6) is 2.05. The van der Waals surface area contributed by atoms with Crippen molar-refractivity contribution in [1.29, 1.82) is 0 Å². The van der Waals surface area contributed by atoms with Crippen molar-refractivity contribution in [3.63, 3.8) is 0 Å². The molecule has 0 bridgehead atoms. The molecule has 106 valence electrons. The molecule has 3 nitrogen and oxygen atoms in total. The Bertz CT molecular complexity index is 584. The largest absolute Gasteiger partial charge is 0.355 e. The molecule has 2 rings (SSSR count). The van der Waals surface area contributed by atoms with Gasteiger partial charge in [-0.3, -0.25) is 0 Å². The molecule has 0 amide bonds. The molecular weight excluding hydrogens is 338 g/mol. The van der Waals surface area contributed by atoms with Gasteiger partial charge in [-0.15, -0.1) is 0 Å². The van der Waals surface area contributed by atoms with Crippen molar-refractivity contribution in [1.82, 2.24) is 9.97 Å². The molecule has 0 unspecified atom stereocenters. The van der Waals surface area contributed by atoms with Gasteiger partial charge in [0.2, 0.25) is 0 Å². The summed E-state index contributed by atoms with van der Waals surface area (Å²) in [6.07, 6.45) is 0. The molecule has 20 heavy (non-hydrogen) atoms. The number of aromatic nitrogens is 2. The van der Waals surface area contributed by atoms with E-state index in [1.807, 2.05) is 37.4 Å². The zero-order valence-corrected chi connectivity index (χ0v) is 14.1. The van der Waals surface area contributed by atoms with Crippen LogP contribution < -0.4 is 4.90 Å². The van der Waals surface area contributed by atoms with Crippen LogP contribution in [0.3, 0.4) is 0 Å². The van der Waals surface area contributed by atoms with E-state index < -0.39 is 0 Å². The fraction of sp³-hybridized carbons (Fsp3) is 0.333. The lowest BCUT2D eigenvalue weighted by Gasteiger charge is -2.19. The Morgan fingerprint density at radius 1 is 1.20 bits per heavy atom. The minimum atomic E-state index is 0.301. The quantitative estimate of drug-likeness (QED) is 0.748. The van der Waals surface area contributed by atoms with Crippen LogP contribution in [-0.4, -0.2) is 17.0 Å². The van der Waals surface area contributed by atoms with Crippen LogP contribution in [0.5, 0.6) is 0 Å². The van der Waals surface area contributed by atoms with Crippen molar-refractivity contribution in [2.24, 2.45) is 0 Å². The highest BCUT2D eigenvalue weighted by Crippen LogP contribution is 2.21. The molecule has 1 aromatic heterocycles. The summed E-state index contributed by atoms with van der Waals surface area (Å²) < 4.78 is 0.814. The van der Waals surface area contributed by atoms with Crippen molar-refractivity contribution < 1.29 is 0 Å². The lowest BCUT2D eigenvalue weighted by Crippen LogP contribution is -2.18. The van der Waals surface area contributed by atoms with Crippen molar-refractivity contribution in [3.8, 4) is 0 Å². The maximum Gasteiger partial charge on any atom is 0.134 e. The first kappa shape index (κ1) is 15.3. The van der Waals surface area contributed by atoms with Crippen molar-refractivity contribution >= 4 is 33.3 Å². The smallest absolute Gasteiger partial charge is 0.134 e. The standard InChI is InChI=1S/C15H17BrClN3/c1-10(2)15-18-13(16)8-14(19-15)20(3)9-11-4-6-12(17)7-5-11/h4-8,10H,9H2,1-3H3. The molecule has 0 fully saturated rings. The number of anilines is 1. The Balaban J connectivity index is 2.20. The minimum Gasteiger partial charge on any atom is -0.355 e. The summed E-state index contributed by atoms with van der Waals surface area (Å²) >= 11 is 9.35. The SMILES string of the molecule is CC(C)c1nc(Br)cc(N(C)Cc2ccc(Cl)cc2)n1. The van der Waals surface area contributed by atoms with Crippen LogP contribution in [0.4, 0.5) is 5.82 Å². The molecule has 0 saturated heterocycles. The third-order valence-electron chi connectivity index (χ3n) is 2.94. The lowest BCUT2D eigenvalue weighted by atomic mass is 10.2. The van der Waals surface area contributed by atoms with E-state index in [2.05, 4.69) is 44.6 Å². The van der Waals surface area contributed by atoms with Gasteiger partial charge in [0, 0.05) is 30.6 Å². The molecule has 2 aromatic rings. The number of benzene rings is 1. The second-order valence-corrected chi connectivity index (χ2v) is 6.29. The average Bonchev–Trinajstić information content (AvgIpc) is 2.40. The van der Waals surface area contributed by atoms with E-state index in [0.717, 1.165) is 27.8 Å². The number of hydrogen-bond acceptors (Lipinski definition) is 3. The summed E-state index contributed by atoms with van der Waals surface area (Å²) in [4.78, 5) is 11.1. The summed E-state index contributed by atoms with van der Waals surface area (Å²) in [6, 6.07) is 9.79. The third kappa shape index (κ3) is 3.93. The Labute approximate surface area is 133 Å². The van der Waals surface area contributed by atoms with Gasteiger partial charge in [0.05, 0.1) is 0 Å². The lowest BCUT2D eigenvalue weighted by molar-refractivity contribution is 0.757. The summed E-state index contributed by atoms with van der Waals surface area (Å²) in [7, 11) is 2.02. The summed E-state index contributed by atoms with van der Waals surface area (Å²) in [6.45, 7) is 4.95. The monoisotopic (exact) mass is 353 g/mol. The van der Waals surface area contributed by atoms with Crippen LogP contribution in [-0.2, 0) is 6.54 Å². The molecular formula is C15H17BrClN3.